The standard InChI is InChI=1S/C21H20F3N3O/c1-13(26-21(28)10-3-15-11-17(23)6-9-20(15)24)19-12-25-27(14(19)2)18-7-4-16(22)5-8-18/h4-9,11-13H,3,10H2,1-2H3,(H,26,28). The van der Waals surface area contributed by atoms with Gasteiger partial charge in [0.25, 0.3) is 0 Å². The lowest BCUT2D eigenvalue weighted by atomic mass is 10.1. The first-order valence-electron chi connectivity index (χ1n) is 8.89. The van der Waals surface area contributed by atoms with Gasteiger partial charge in [-0.1, -0.05) is 0 Å². The van der Waals surface area contributed by atoms with Crippen molar-refractivity contribution in [2.24, 2.45) is 0 Å². The Bertz CT molecular complexity index is 983. The minimum Gasteiger partial charge on any atom is -0.349 e. The smallest absolute Gasteiger partial charge is 0.220 e. The summed E-state index contributed by atoms with van der Waals surface area (Å²) in [6.07, 6.45) is 1.79. The molecule has 28 heavy (non-hydrogen) atoms. The van der Waals surface area contributed by atoms with Gasteiger partial charge in [0, 0.05) is 17.7 Å². The molecule has 0 radical (unpaired) electrons. The summed E-state index contributed by atoms with van der Waals surface area (Å²) in [7, 11) is 0. The van der Waals surface area contributed by atoms with E-state index in [9.17, 15) is 18.0 Å². The second kappa shape index (κ2) is 8.29. The number of halogens is 3. The van der Waals surface area contributed by atoms with E-state index in [4.69, 9.17) is 0 Å². The molecule has 1 heterocycles. The van der Waals surface area contributed by atoms with Crippen molar-refractivity contribution in [1.82, 2.24) is 15.1 Å². The van der Waals surface area contributed by atoms with Crippen LogP contribution in [0.25, 0.3) is 5.69 Å². The van der Waals surface area contributed by atoms with E-state index >= 15 is 0 Å². The van der Waals surface area contributed by atoms with E-state index in [-0.39, 0.29) is 36.2 Å². The molecule has 2 aromatic carbocycles. The Kier molecular flexibility index (Phi) is 5.82. The molecular formula is C21H20F3N3O. The van der Waals surface area contributed by atoms with Crippen molar-refractivity contribution in [3.05, 3.63) is 82.9 Å². The summed E-state index contributed by atoms with van der Waals surface area (Å²) in [6, 6.07) is 8.83. The maximum Gasteiger partial charge on any atom is 0.220 e. The highest BCUT2D eigenvalue weighted by Gasteiger charge is 2.17. The largest absolute Gasteiger partial charge is 0.349 e. The number of hydrogen-bond acceptors (Lipinski definition) is 2. The van der Waals surface area contributed by atoms with Gasteiger partial charge in [-0.2, -0.15) is 5.10 Å². The minimum absolute atomic E-state index is 0.0376. The molecule has 0 saturated carbocycles. The van der Waals surface area contributed by atoms with Crippen molar-refractivity contribution in [3.63, 3.8) is 0 Å². The van der Waals surface area contributed by atoms with Gasteiger partial charge in [0.05, 0.1) is 17.9 Å². The fourth-order valence-corrected chi connectivity index (χ4v) is 3.06. The van der Waals surface area contributed by atoms with E-state index < -0.39 is 11.6 Å². The maximum absolute atomic E-state index is 13.7. The van der Waals surface area contributed by atoms with Crippen LogP contribution in [0.4, 0.5) is 13.2 Å². The maximum atomic E-state index is 13.7. The zero-order chi connectivity index (χ0) is 20.3. The molecule has 1 N–H and O–H groups in total. The van der Waals surface area contributed by atoms with Crippen LogP contribution in [0.5, 0.6) is 0 Å². The third kappa shape index (κ3) is 4.42. The summed E-state index contributed by atoms with van der Waals surface area (Å²) in [5.41, 5.74) is 2.51. The highest BCUT2D eigenvalue weighted by Crippen LogP contribution is 2.21. The van der Waals surface area contributed by atoms with E-state index in [1.54, 1.807) is 23.0 Å². The Morgan fingerprint density at radius 1 is 1.11 bits per heavy atom. The van der Waals surface area contributed by atoms with Gasteiger partial charge in [-0.05, 0) is 68.3 Å². The molecule has 7 heteroatoms. The number of amides is 1. The van der Waals surface area contributed by atoms with Gasteiger partial charge in [0.15, 0.2) is 0 Å². The Morgan fingerprint density at radius 3 is 2.50 bits per heavy atom. The number of rotatable bonds is 6. The van der Waals surface area contributed by atoms with Gasteiger partial charge in [-0.25, -0.2) is 17.9 Å². The molecule has 0 aliphatic heterocycles. The zero-order valence-electron chi connectivity index (χ0n) is 15.5. The predicted octanol–water partition coefficient (Wildman–Crippen LogP) is 4.41. The third-order valence-electron chi connectivity index (χ3n) is 4.59. The molecule has 1 atom stereocenters. The van der Waals surface area contributed by atoms with Gasteiger partial charge in [-0.15, -0.1) is 0 Å². The first kappa shape index (κ1) is 19.7. The monoisotopic (exact) mass is 387 g/mol. The normalized spacial score (nSPS) is 12.0. The topological polar surface area (TPSA) is 46.9 Å². The number of aryl methyl sites for hydroxylation is 1. The highest BCUT2D eigenvalue weighted by molar-refractivity contribution is 5.76. The van der Waals surface area contributed by atoms with Crippen LogP contribution in [0.2, 0.25) is 0 Å². The van der Waals surface area contributed by atoms with Crippen LogP contribution in [0.15, 0.2) is 48.7 Å². The summed E-state index contributed by atoms with van der Waals surface area (Å²) in [5.74, 6) is -1.66. The number of benzene rings is 2. The van der Waals surface area contributed by atoms with Gasteiger partial charge in [-0.3, -0.25) is 4.79 Å². The summed E-state index contributed by atoms with van der Waals surface area (Å²) >= 11 is 0. The Hall–Kier alpha value is -3.09. The molecule has 0 aliphatic rings. The van der Waals surface area contributed by atoms with Crippen LogP contribution in [-0.2, 0) is 11.2 Å². The Balaban J connectivity index is 1.64. The summed E-state index contributed by atoms with van der Waals surface area (Å²) in [6.45, 7) is 3.68. The minimum atomic E-state index is -0.533. The highest BCUT2D eigenvalue weighted by atomic mass is 19.1. The number of nitrogens with one attached hydrogen (secondary N) is 1. The van der Waals surface area contributed by atoms with Crippen molar-refractivity contribution in [3.8, 4) is 5.69 Å². The Morgan fingerprint density at radius 2 is 1.79 bits per heavy atom. The average Bonchev–Trinajstić information content (AvgIpc) is 3.04. The van der Waals surface area contributed by atoms with E-state index in [1.165, 1.54) is 12.1 Å². The molecule has 0 fully saturated rings. The fraction of sp³-hybridized carbons (Fsp3) is 0.238. The number of carbonyl (C=O) groups is 1. The number of carbonyl (C=O) groups excluding carboxylic acids is 1. The molecule has 4 nitrogen and oxygen atoms in total. The van der Waals surface area contributed by atoms with Crippen LogP contribution >= 0.6 is 0 Å². The van der Waals surface area contributed by atoms with Gasteiger partial charge in [0.1, 0.15) is 17.5 Å². The lowest BCUT2D eigenvalue weighted by molar-refractivity contribution is -0.121. The van der Waals surface area contributed by atoms with E-state index in [0.717, 1.165) is 29.5 Å². The van der Waals surface area contributed by atoms with E-state index in [0.29, 0.717) is 5.69 Å². The molecule has 146 valence electrons. The molecule has 3 aromatic rings. The third-order valence-corrected chi connectivity index (χ3v) is 4.59. The van der Waals surface area contributed by atoms with Crippen molar-refractivity contribution in [1.29, 1.82) is 0 Å². The molecule has 1 aromatic heterocycles. The SMILES string of the molecule is Cc1c(C(C)NC(=O)CCc2cc(F)ccc2F)cnn1-c1ccc(F)cc1. The van der Waals surface area contributed by atoms with Crippen molar-refractivity contribution < 1.29 is 18.0 Å². The number of aromatic nitrogens is 2. The van der Waals surface area contributed by atoms with Crippen LogP contribution in [0, 0.1) is 24.4 Å². The van der Waals surface area contributed by atoms with Crippen molar-refractivity contribution in [2.45, 2.75) is 32.7 Å². The van der Waals surface area contributed by atoms with E-state index in [1.807, 2.05) is 13.8 Å². The molecule has 0 spiro atoms. The summed E-state index contributed by atoms with van der Waals surface area (Å²) < 4.78 is 41.6. The fourth-order valence-electron chi connectivity index (χ4n) is 3.06. The summed E-state index contributed by atoms with van der Waals surface area (Å²) in [5, 5.41) is 7.16. The summed E-state index contributed by atoms with van der Waals surface area (Å²) in [4.78, 5) is 12.2. The second-order valence-electron chi connectivity index (χ2n) is 6.60. The average molecular weight is 387 g/mol. The molecule has 0 aliphatic carbocycles. The lowest BCUT2D eigenvalue weighted by Crippen LogP contribution is -2.27. The van der Waals surface area contributed by atoms with Crippen molar-refractivity contribution >= 4 is 5.91 Å². The van der Waals surface area contributed by atoms with Crippen molar-refractivity contribution in [2.75, 3.05) is 0 Å². The molecule has 1 amide bonds. The lowest BCUT2D eigenvalue weighted by Gasteiger charge is -2.14. The van der Waals surface area contributed by atoms with Gasteiger partial charge >= 0.3 is 0 Å². The molecule has 0 bridgehead atoms. The first-order chi connectivity index (χ1) is 13.3. The number of hydrogen-bond donors (Lipinski definition) is 1. The van der Waals surface area contributed by atoms with Crippen LogP contribution in [0.1, 0.15) is 36.2 Å². The van der Waals surface area contributed by atoms with Crippen LogP contribution in [0.3, 0.4) is 0 Å². The molecule has 0 saturated heterocycles. The van der Waals surface area contributed by atoms with Gasteiger partial charge in [0.2, 0.25) is 5.91 Å². The molecule has 1 unspecified atom stereocenters. The zero-order valence-corrected chi connectivity index (χ0v) is 15.5. The first-order valence-corrected chi connectivity index (χ1v) is 8.89. The van der Waals surface area contributed by atoms with Crippen LogP contribution in [-0.4, -0.2) is 15.7 Å². The second-order valence-corrected chi connectivity index (χ2v) is 6.60. The van der Waals surface area contributed by atoms with Crippen LogP contribution < -0.4 is 5.32 Å². The number of nitrogens with zero attached hydrogens (tertiary/aromatic N) is 2. The van der Waals surface area contributed by atoms with E-state index in [2.05, 4.69) is 10.4 Å². The Labute approximate surface area is 161 Å². The quantitative estimate of drug-likeness (QED) is 0.681. The molecule has 3 rings (SSSR count). The van der Waals surface area contributed by atoms with Gasteiger partial charge < -0.3 is 5.32 Å². The molecular weight excluding hydrogens is 367 g/mol. The predicted molar refractivity (Wildman–Crippen MR) is 99.5 cm³/mol.